The lowest BCUT2D eigenvalue weighted by molar-refractivity contribution is -0.120. The van der Waals surface area contributed by atoms with Gasteiger partial charge in [0.05, 0.1) is 11.4 Å². The highest BCUT2D eigenvalue weighted by atomic mass is 35.5. The Hall–Kier alpha value is -1.35. The van der Waals surface area contributed by atoms with E-state index in [1.54, 1.807) is 31.2 Å². The van der Waals surface area contributed by atoms with Gasteiger partial charge in [-0.3, -0.25) is 9.59 Å². The summed E-state index contributed by atoms with van der Waals surface area (Å²) in [4.78, 5) is 22.8. The summed E-state index contributed by atoms with van der Waals surface area (Å²) in [5.41, 5.74) is 0.394. The first-order chi connectivity index (χ1) is 7.15. The highest BCUT2D eigenvalue weighted by Crippen LogP contribution is 2.16. The predicted octanol–water partition coefficient (Wildman–Crippen LogP) is 2.05. The van der Waals surface area contributed by atoms with Gasteiger partial charge in [-0.15, -0.1) is 0 Å². The minimum atomic E-state index is -0.276. The molecule has 0 atom stereocenters. The maximum absolute atomic E-state index is 11.6. The van der Waals surface area contributed by atoms with E-state index in [0.717, 1.165) is 0 Å². The number of hydrogen-bond donors (Lipinski definition) is 1. The van der Waals surface area contributed by atoms with Crippen LogP contribution < -0.4 is 5.32 Å². The number of ketones is 1. The summed E-state index contributed by atoms with van der Waals surface area (Å²) in [5.74, 6) is -0.533. The van der Waals surface area contributed by atoms with E-state index in [9.17, 15) is 9.59 Å². The molecule has 4 heteroatoms. The van der Waals surface area contributed by atoms with Gasteiger partial charge < -0.3 is 5.32 Å². The van der Waals surface area contributed by atoms with E-state index in [-0.39, 0.29) is 18.1 Å². The quantitative estimate of drug-likeness (QED) is 0.630. The maximum Gasteiger partial charge on any atom is 0.227 e. The molecule has 80 valence electrons. The molecule has 0 unspecified atom stereocenters. The lowest BCUT2D eigenvalue weighted by Crippen LogP contribution is -2.25. The van der Waals surface area contributed by atoms with Gasteiger partial charge in [0.2, 0.25) is 5.91 Å². The van der Waals surface area contributed by atoms with Crippen molar-refractivity contribution >= 4 is 23.3 Å². The molecule has 15 heavy (non-hydrogen) atoms. The summed E-state index contributed by atoms with van der Waals surface area (Å²) >= 11 is 5.83. The van der Waals surface area contributed by atoms with E-state index in [1.807, 2.05) is 0 Å². The third kappa shape index (κ3) is 3.36. The Morgan fingerprint density at radius 1 is 1.33 bits per heavy atom. The zero-order valence-electron chi connectivity index (χ0n) is 8.42. The number of rotatable bonds is 4. The van der Waals surface area contributed by atoms with Crippen LogP contribution in [0.15, 0.2) is 24.3 Å². The highest BCUT2D eigenvalue weighted by molar-refractivity contribution is 6.34. The molecule has 0 aliphatic carbocycles. The van der Waals surface area contributed by atoms with Crippen LogP contribution in [0.25, 0.3) is 0 Å². The molecule has 3 nitrogen and oxygen atoms in total. The van der Waals surface area contributed by atoms with Crippen LogP contribution in [0.4, 0.5) is 0 Å². The minimum absolute atomic E-state index is 0.155. The molecule has 1 aromatic rings. The zero-order valence-corrected chi connectivity index (χ0v) is 9.17. The van der Waals surface area contributed by atoms with Gasteiger partial charge in [0, 0.05) is 12.1 Å². The van der Waals surface area contributed by atoms with Crippen molar-refractivity contribution in [1.82, 2.24) is 5.32 Å². The summed E-state index contributed by atoms with van der Waals surface area (Å²) in [6.45, 7) is 2.33. The Balaban J connectivity index is 2.70. The van der Waals surface area contributed by atoms with E-state index < -0.39 is 0 Å². The molecule has 0 saturated carbocycles. The Labute approximate surface area is 93.4 Å². The molecule has 0 fully saturated rings. The van der Waals surface area contributed by atoms with Crippen molar-refractivity contribution in [1.29, 1.82) is 0 Å². The van der Waals surface area contributed by atoms with Crippen LogP contribution in [0.1, 0.15) is 23.7 Å². The second-order valence-electron chi connectivity index (χ2n) is 3.03. The Kier molecular flexibility index (Phi) is 4.31. The van der Waals surface area contributed by atoms with Crippen LogP contribution in [0, 0.1) is 0 Å². The number of amides is 1. The number of benzene rings is 1. The normalized spacial score (nSPS) is 9.73. The van der Waals surface area contributed by atoms with Crippen LogP contribution in [-0.2, 0) is 4.79 Å². The number of carbonyl (C=O) groups excluding carboxylic acids is 2. The average Bonchev–Trinajstić information content (AvgIpc) is 2.18. The minimum Gasteiger partial charge on any atom is -0.356 e. The topological polar surface area (TPSA) is 46.2 Å². The van der Waals surface area contributed by atoms with Crippen LogP contribution in [0.3, 0.4) is 0 Å². The lowest BCUT2D eigenvalue weighted by atomic mass is 10.1. The second-order valence-corrected chi connectivity index (χ2v) is 3.44. The predicted molar refractivity (Wildman–Crippen MR) is 59.1 cm³/mol. The number of Topliss-reactive ketones (excluding diaryl/α,β-unsaturated/α-hetero) is 1. The fourth-order valence-electron chi connectivity index (χ4n) is 1.19. The van der Waals surface area contributed by atoms with Gasteiger partial charge in [0.25, 0.3) is 0 Å². The molecule has 1 N–H and O–H groups in total. The summed E-state index contributed by atoms with van der Waals surface area (Å²) in [7, 11) is 0. The molecular formula is C11H12ClNO2. The van der Waals surface area contributed by atoms with Crippen LogP contribution in [0.5, 0.6) is 0 Å². The first-order valence-corrected chi connectivity index (χ1v) is 5.07. The highest BCUT2D eigenvalue weighted by Gasteiger charge is 2.13. The number of nitrogens with one attached hydrogen (secondary N) is 1. The number of hydrogen-bond acceptors (Lipinski definition) is 2. The van der Waals surface area contributed by atoms with Crippen molar-refractivity contribution in [2.24, 2.45) is 0 Å². The Morgan fingerprint density at radius 2 is 2.00 bits per heavy atom. The molecule has 0 radical (unpaired) electrons. The van der Waals surface area contributed by atoms with Gasteiger partial charge in [-0.25, -0.2) is 0 Å². The number of carbonyl (C=O) groups is 2. The van der Waals surface area contributed by atoms with Gasteiger partial charge in [-0.2, -0.15) is 0 Å². The first-order valence-electron chi connectivity index (χ1n) is 4.69. The molecule has 0 aliphatic heterocycles. The Morgan fingerprint density at radius 3 is 2.60 bits per heavy atom. The summed E-state index contributed by atoms with van der Waals surface area (Å²) in [6.07, 6.45) is -0.155. The molecule has 1 amide bonds. The second kappa shape index (κ2) is 5.51. The van der Waals surface area contributed by atoms with Crippen molar-refractivity contribution in [2.75, 3.05) is 6.54 Å². The van der Waals surface area contributed by atoms with Gasteiger partial charge >= 0.3 is 0 Å². The number of halogens is 1. The Bertz CT molecular complexity index is 377. The van der Waals surface area contributed by atoms with Crippen LogP contribution >= 0.6 is 11.6 Å². The fourth-order valence-corrected chi connectivity index (χ4v) is 1.43. The molecule has 0 aromatic heterocycles. The van der Waals surface area contributed by atoms with Crippen LogP contribution in [-0.4, -0.2) is 18.2 Å². The molecule has 0 saturated heterocycles. The molecule has 0 spiro atoms. The van der Waals surface area contributed by atoms with E-state index in [0.29, 0.717) is 17.1 Å². The fraction of sp³-hybridized carbons (Fsp3) is 0.273. The van der Waals surface area contributed by atoms with E-state index in [4.69, 9.17) is 11.6 Å². The smallest absolute Gasteiger partial charge is 0.227 e. The zero-order chi connectivity index (χ0) is 11.3. The van der Waals surface area contributed by atoms with Crippen molar-refractivity contribution in [3.05, 3.63) is 34.9 Å². The van der Waals surface area contributed by atoms with Crippen molar-refractivity contribution in [3.8, 4) is 0 Å². The van der Waals surface area contributed by atoms with E-state index in [1.165, 1.54) is 0 Å². The SMILES string of the molecule is CCNC(=O)CC(=O)c1ccccc1Cl. The average molecular weight is 226 g/mol. The third-order valence-electron chi connectivity index (χ3n) is 1.87. The summed E-state index contributed by atoms with van der Waals surface area (Å²) < 4.78 is 0. The molecule has 1 rings (SSSR count). The van der Waals surface area contributed by atoms with Crippen molar-refractivity contribution in [3.63, 3.8) is 0 Å². The largest absolute Gasteiger partial charge is 0.356 e. The van der Waals surface area contributed by atoms with E-state index >= 15 is 0 Å². The summed E-state index contributed by atoms with van der Waals surface area (Å²) in [5, 5.41) is 2.94. The molecular weight excluding hydrogens is 214 g/mol. The van der Waals surface area contributed by atoms with Gasteiger partial charge in [-0.05, 0) is 19.1 Å². The maximum atomic E-state index is 11.6. The molecule has 0 aliphatic rings. The molecule has 0 bridgehead atoms. The third-order valence-corrected chi connectivity index (χ3v) is 2.20. The van der Waals surface area contributed by atoms with E-state index in [2.05, 4.69) is 5.32 Å². The lowest BCUT2D eigenvalue weighted by Gasteiger charge is -2.03. The van der Waals surface area contributed by atoms with Gasteiger partial charge in [0.1, 0.15) is 0 Å². The standard InChI is InChI=1S/C11H12ClNO2/c1-2-13-11(15)7-10(14)8-5-3-4-6-9(8)12/h3-6H,2,7H2,1H3,(H,13,15). The van der Waals surface area contributed by atoms with Crippen molar-refractivity contribution in [2.45, 2.75) is 13.3 Å². The van der Waals surface area contributed by atoms with Crippen molar-refractivity contribution < 1.29 is 9.59 Å². The summed E-state index contributed by atoms with van der Waals surface area (Å²) in [6, 6.07) is 6.71. The monoisotopic (exact) mass is 225 g/mol. The van der Waals surface area contributed by atoms with Gasteiger partial charge in [-0.1, -0.05) is 23.7 Å². The van der Waals surface area contributed by atoms with Gasteiger partial charge in [0.15, 0.2) is 5.78 Å². The molecule has 0 heterocycles. The van der Waals surface area contributed by atoms with Crippen LogP contribution in [0.2, 0.25) is 5.02 Å². The first kappa shape index (κ1) is 11.7. The molecule has 1 aromatic carbocycles.